The molecule has 0 bridgehead atoms. The van der Waals surface area contributed by atoms with Crippen LogP contribution in [0.4, 0.5) is 4.79 Å². The number of aromatic nitrogens is 1. The molecule has 0 saturated carbocycles. The molecule has 2 aliphatic heterocycles. The summed E-state index contributed by atoms with van der Waals surface area (Å²) in [5.74, 6) is -0.207. The monoisotopic (exact) mass is 448 g/mol. The molecule has 1 unspecified atom stereocenters. The first-order valence-electron chi connectivity index (χ1n) is 11.0. The summed E-state index contributed by atoms with van der Waals surface area (Å²) in [7, 11) is 0. The van der Waals surface area contributed by atoms with Gasteiger partial charge in [0.05, 0.1) is 5.52 Å². The van der Waals surface area contributed by atoms with Crippen LogP contribution >= 0.6 is 11.6 Å². The number of imide groups is 1. The van der Waals surface area contributed by atoms with Crippen LogP contribution in [0.15, 0.2) is 60.8 Å². The van der Waals surface area contributed by atoms with Gasteiger partial charge in [-0.05, 0) is 61.2 Å². The van der Waals surface area contributed by atoms with Crippen LogP contribution in [0.1, 0.15) is 24.0 Å². The standard InChI is InChI=1S/C25H25ClN4O2/c26-21-6-2-1-4-19(21)15-25(23(31)28-24(32)29-25)20-9-12-30(13-10-20)16-17-7-8-18-5-3-11-27-22(18)14-17/h1-8,11,14,20H,9-10,12-13,15-16H2,(H2,28,29,31,32). The Morgan fingerprint density at radius 2 is 1.88 bits per heavy atom. The lowest BCUT2D eigenvalue weighted by Gasteiger charge is -2.41. The number of pyridine rings is 1. The maximum Gasteiger partial charge on any atom is 0.322 e. The molecule has 2 saturated heterocycles. The summed E-state index contributed by atoms with van der Waals surface area (Å²) in [5, 5.41) is 7.17. The number of fused-ring (bicyclic) bond motifs is 1. The molecule has 2 aliphatic rings. The molecule has 32 heavy (non-hydrogen) atoms. The van der Waals surface area contributed by atoms with Crippen LogP contribution in [-0.2, 0) is 17.8 Å². The molecule has 1 atom stereocenters. The van der Waals surface area contributed by atoms with Crippen molar-refractivity contribution >= 4 is 34.4 Å². The molecule has 1 aromatic heterocycles. The first-order chi connectivity index (χ1) is 15.5. The van der Waals surface area contributed by atoms with Gasteiger partial charge in [0.15, 0.2) is 0 Å². The maximum absolute atomic E-state index is 13.0. The number of hydrogen-bond acceptors (Lipinski definition) is 4. The predicted octanol–water partition coefficient (Wildman–Crippen LogP) is 3.92. The molecule has 2 aromatic carbocycles. The second-order valence-corrected chi connectivity index (χ2v) is 9.14. The van der Waals surface area contributed by atoms with Crippen molar-refractivity contribution in [1.82, 2.24) is 20.5 Å². The number of benzene rings is 2. The summed E-state index contributed by atoms with van der Waals surface area (Å²) in [6.07, 6.45) is 3.86. The fourth-order valence-corrected chi connectivity index (χ4v) is 5.26. The third kappa shape index (κ3) is 3.96. The average Bonchev–Trinajstić information content (AvgIpc) is 3.09. The van der Waals surface area contributed by atoms with Gasteiger partial charge in [-0.1, -0.05) is 48.0 Å². The molecule has 0 spiro atoms. The number of halogens is 1. The molecule has 2 N–H and O–H groups in total. The third-order valence-corrected chi connectivity index (χ3v) is 7.13. The molecule has 2 fully saturated rings. The van der Waals surface area contributed by atoms with Gasteiger partial charge in [-0.2, -0.15) is 0 Å². The summed E-state index contributed by atoms with van der Waals surface area (Å²) < 4.78 is 0. The maximum atomic E-state index is 13.0. The highest BCUT2D eigenvalue weighted by Crippen LogP contribution is 2.35. The summed E-state index contributed by atoms with van der Waals surface area (Å²) in [6.45, 7) is 2.56. The normalized spacial score (nSPS) is 22.2. The minimum Gasteiger partial charge on any atom is -0.323 e. The van der Waals surface area contributed by atoms with E-state index >= 15 is 0 Å². The Hall–Kier alpha value is -2.96. The van der Waals surface area contributed by atoms with E-state index in [1.54, 1.807) is 0 Å². The van der Waals surface area contributed by atoms with Crippen molar-refractivity contribution in [2.24, 2.45) is 5.92 Å². The van der Waals surface area contributed by atoms with Gasteiger partial charge in [-0.25, -0.2) is 4.79 Å². The Morgan fingerprint density at radius 3 is 2.62 bits per heavy atom. The molecule has 3 aromatic rings. The summed E-state index contributed by atoms with van der Waals surface area (Å²) in [6, 6.07) is 17.5. The number of urea groups is 1. The quantitative estimate of drug-likeness (QED) is 0.580. The zero-order valence-corrected chi connectivity index (χ0v) is 18.4. The van der Waals surface area contributed by atoms with Crippen LogP contribution in [0.2, 0.25) is 5.02 Å². The Kier molecular flexibility index (Phi) is 5.57. The summed E-state index contributed by atoms with van der Waals surface area (Å²) in [4.78, 5) is 31.9. The second kappa shape index (κ2) is 8.52. The smallest absolute Gasteiger partial charge is 0.322 e. The Morgan fingerprint density at radius 1 is 1.06 bits per heavy atom. The van der Waals surface area contributed by atoms with Crippen molar-refractivity contribution in [3.63, 3.8) is 0 Å². The zero-order chi connectivity index (χ0) is 22.1. The number of carbonyl (C=O) groups excluding carboxylic acids is 2. The van der Waals surface area contributed by atoms with E-state index in [1.807, 2.05) is 36.5 Å². The molecule has 0 radical (unpaired) electrons. The lowest BCUT2D eigenvalue weighted by atomic mass is 9.74. The summed E-state index contributed by atoms with van der Waals surface area (Å²) in [5.41, 5.74) is 2.15. The van der Waals surface area contributed by atoms with Crippen LogP contribution in [0.25, 0.3) is 10.9 Å². The number of hydrogen-bond donors (Lipinski definition) is 2. The summed E-state index contributed by atoms with van der Waals surface area (Å²) >= 11 is 6.38. The van der Waals surface area contributed by atoms with Gasteiger partial charge in [0.25, 0.3) is 5.91 Å². The first kappa shape index (κ1) is 20.9. The minimum absolute atomic E-state index is 0.0414. The molecule has 7 heteroatoms. The molecular weight excluding hydrogens is 424 g/mol. The van der Waals surface area contributed by atoms with Crippen LogP contribution in [0, 0.1) is 5.92 Å². The van der Waals surface area contributed by atoms with Crippen molar-refractivity contribution in [1.29, 1.82) is 0 Å². The number of amides is 3. The number of carbonyl (C=O) groups is 2. The lowest BCUT2D eigenvalue weighted by Crippen LogP contribution is -2.57. The Bertz CT molecular complexity index is 1180. The number of nitrogens with zero attached hydrogens (tertiary/aromatic N) is 2. The van der Waals surface area contributed by atoms with Gasteiger partial charge >= 0.3 is 6.03 Å². The van der Waals surface area contributed by atoms with E-state index in [4.69, 9.17) is 11.6 Å². The van der Waals surface area contributed by atoms with Crippen molar-refractivity contribution < 1.29 is 9.59 Å². The molecular formula is C25H25ClN4O2. The van der Waals surface area contributed by atoms with E-state index in [0.717, 1.165) is 48.9 Å². The molecule has 164 valence electrons. The highest BCUT2D eigenvalue weighted by atomic mass is 35.5. The number of rotatable bonds is 5. The van der Waals surface area contributed by atoms with Gasteiger partial charge in [0.2, 0.25) is 0 Å². The average molecular weight is 449 g/mol. The fourth-order valence-electron chi connectivity index (χ4n) is 5.06. The molecule has 0 aliphatic carbocycles. The number of likely N-dealkylation sites (tertiary alicyclic amines) is 1. The van der Waals surface area contributed by atoms with Crippen LogP contribution in [-0.4, -0.2) is 40.5 Å². The van der Waals surface area contributed by atoms with Gasteiger partial charge in [-0.3, -0.25) is 20.0 Å². The highest BCUT2D eigenvalue weighted by molar-refractivity contribution is 6.31. The zero-order valence-electron chi connectivity index (χ0n) is 17.7. The van der Waals surface area contributed by atoms with Gasteiger partial charge in [0, 0.05) is 29.6 Å². The van der Waals surface area contributed by atoms with E-state index in [9.17, 15) is 9.59 Å². The van der Waals surface area contributed by atoms with E-state index < -0.39 is 11.6 Å². The van der Waals surface area contributed by atoms with Gasteiger partial charge in [0.1, 0.15) is 5.54 Å². The van der Waals surface area contributed by atoms with E-state index in [1.165, 1.54) is 5.56 Å². The second-order valence-electron chi connectivity index (χ2n) is 8.73. The van der Waals surface area contributed by atoms with Crippen molar-refractivity contribution in [2.75, 3.05) is 13.1 Å². The van der Waals surface area contributed by atoms with Crippen molar-refractivity contribution in [3.05, 3.63) is 76.9 Å². The van der Waals surface area contributed by atoms with E-state index in [-0.39, 0.29) is 11.8 Å². The Labute approximate surface area is 192 Å². The molecule has 6 nitrogen and oxygen atoms in total. The van der Waals surface area contributed by atoms with Crippen LogP contribution < -0.4 is 10.6 Å². The third-order valence-electron chi connectivity index (χ3n) is 6.76. The fraction of sp³-hybridized carbons (Fsp3) is 0.320. The molecule has 5 rings (SSSR count). The van der Waals surface area contributed by atoms with E-state index in [0.29, 0.717) is 11.4 Å². The Balaban J connectivity index is 1.30. The molecule has 3 amide bonds. The lowest BCUT2D eigenvalue weighted by molar-refractivity contribution is -0.126. The predicted molar refractivity (Wildman–Crippen MR) is 124 cm³/mol. The minimum atomic E-state index is -0.957. The number of piperidine rings is 1. The van der Waals surface area contributed by atoms with Crippen molar-refractivity contribution in [3.8, 4) is 0 Å². The first-order valence-corrected chi connectivity index (χ1v) is 11.3. The van der Waals surface area contributed by atoms with E-state index in [2.05, 4.69) is 44.8 Å². The van der Waals surface area contributed by atoms with Crippen LogP contribution in [0.5, 0.6) is 0 Å². The van der Waals surface area contributed by atoms with Crippen LogP contribution in [0.3, 0.4) is 0 Å². The molecule has 3 heterocycles. The topological polar surface area (TPSA) is 74.3 Å². The number of nitrogens with one attached hydrogen (secondary N) is 2. The SMILES string of the molecule is O=C1NC(=O)C(Cc2ccccc2Cl)(C2CCN(Cc3ccc4cccnc4c3)CC2)N1. The highest BCUT2D eigenvalue weighted by Gasteiger charge is 2.52. The van der Waals surface area contributed by atoms with Gasteiger partial charge < -0.3 is 5.32 Å². The van der Waals surface area contributed by atoms with Crippen molar-refractivity contribution in [2.45, 2.75) is 31.3 Å². The largest absolute Gasteiger partial charge is 0.323 e. The van der Waals surface area contributed by atoms with Gasteiger partial charge in [-0.15, -0.1) is 0 Å².